The summed E-state index contributed by atoms with van der Waals surface area (Å²) in [5.74, 6) is 0.772. The summed E-state index contributed by atoms with van der Waals surface area (Å²) in [6, 6.07) is 12.0. The van der Waals surface area contributed by atoms with Gasteiger partial charge in [-0.3, -0.25) is 4.99 Å². The first-order valence-corrected chi connectivity index (χ1v) is 5.34. The van der Waals surface area contributed by atoms with Crippen LogP contribution >= 0.6 is 11.6 Å². The fraction of sp³-hybridized carbons (Fsp3) is 0.154. The van der Waals surface area contributed by atoms with Crippen LogP contribution < -0.4 is 4.74 Å². The quantitative estimate of drug-likeness (QED) is 0.728. The molecule has 0 N–H and O–H groups in total. The van der Waals surface area contributed by atoms with Gasteiger partial charge < -0.3 is 4.74 Å². The maximum Gasteiger partial charge on any atom is 0.136 e. The van der Waals surface area contributed by atoms with Gasteiger partial charge in [0.05, 0.1) is 12.7 Å². The van der Waals surface area contributed by atoms with Gasteiger partial charge in [-0.25, -0.2) is 0 Å². The van der Waals surface area contributed by atoms with Gasteiger partial charge in [0.15, 0.2) is 0 Å². The molecule has 0 aromatic heterocycles. The number of hydrogen-bond acceptors (Lipinski definition) is 2. The van der Waals surface area contributed by atoms with Gasteiger partial charge in [0.2, 0.25) is 0 Å². The van der Waals surface area contributed by atoms with Gasteiger partial charge in [0.25, 0.3) is 0 Å². The summed E-state index contributed by atoms with van der Waals surface area (Å²) >= 11 is 6.04. The summed E-state index contributed by atoms with van der Waals surface area (Å²) in [6.07, 6.45) is 0. The van der Waals surface area contributed by atoms with Crippen LogP contribution in [0.25, 0.3) is 10.8 Å². The largest absolute Gasteiger partial charge is 0.495 e. The van der Waals surface area contributed by atoms with E-state index in [-0.39, 0.29) is 0 Å². The zero-order chi connectivity index (χ0) is 11.5. The van der Waals surface area contributed by atoms with Gasteiger partial charge in [-0.05, 0) is 11.5 Å². The van der Waals surface area contributed by atoms with Crippen molar-refractivity contribution < 1.29 is 4.74 Å². The predicted molar refractivity (Wildman–Crippen MR) is 68.8 cm³/mol. The number of benzene rings is 2. The average molecular weight is 234 g/mol. The number of aliphatic imine (C=N–C) groups is 1. The monoisotopic (exact) mass is 233 g/mol. The smallest absolute Gasteiger partial charge is 0.136 e. The number of methoxy groups -OCH3 is 1. The van der Waals surface area contributed by atoms with Gasteiger partial charge in [0, 0.05) is 12.4 Å². The predicted octanol–water partition coefficient (Wildman–Crippen LogP) is 3.46. The molecule has 82 valence electrons. The zero-order valence-corrected chi connectivity index (χ0v) is 9.95. The number of rotatable bonds is 2. The summed E-state index contributed by atoms with van der Waals surface area (Å²) in [7, 11) is 3.31. The van der Waals surface area contributed by atoms with E-state index in [1.165, 1.54) is 0 Å². The van der Waals surface area contributed by atoms with E-state index in [9.17, 15) is 0 Å². The van der Waals surface area contributed by atoms with Gasteiger partial charge in [-0.2, -0.15) is 0 Å². The Hall–Kier alpha value is -1.54. The molecule has 0 heterocycles. The topological polar surface area (TPSA) is 21.6 Å². The Balaban J connectivity index is 2.78. The van der Waals surface area contributed by atoms with Crippen molar-refractivity contribution in [3.63, 3.8) is 0 Å². The van der Waals surface area contributed by atoms with Crippen LogP contribution in [-0.4, -0.2) is 19.3 Å². The summed E-state index contributed by atoms with van der Waals surface area (Å²) in [6.45, 7) is 0. The molecule has 0 spiro atoms. The second-order valence-electron chi connectivity index (χ2n) is 3.38. The van der Waals surface area contributed by atoms with E-state index in [0.29, 0.717) is 5.17 Å². The van der Waals surface area contributed by atoms with E-state index in [1.807, 2.05) is 36.4 Å². The third-order valence-electron chi connectivity index (χ3n) is 2.50. The van der Waals surface area contributed by atoms with Gasteiger partial charge in [0.1, 0.15) is 10.9 Å². The lowest BCUT2D eigenvalue weighted by atomic mass is 10.1. The third kappa shape index (κ3) is 1.76. The fourth-order valence-electron chi connectivity index (χ4n) is 1.75. The molecule has 0 fully saturated rings. The molecule has 2 aromatic rings. The number of nitrogens with zero attached hydrogens (tertiary/aromatic N) is 1. The Morgan fingerprint density at radius 2 is 1.94 bits per heavy atom. The zero-order valence-electron chi connectivity index (χ0n) is 9.20. The van der Waals surface area contributed by atoms with Crippen LogP contribution in [0.3, 0.4) is 0 Å². The average Bonchev–Trinajstić information content (AvgIpc) is 2.36. The highest BCUT2D eigenvalue weighted by Crippen LogP contribution is 2.30. The molecule has 0 aliphatic rings. The number of halogens is 1. The first-order chi connectivity index (χ1) is 7.77. The molecule has 0 saturated heterocycles. The van der Waals surface area contributed by atoms with Crippen molar-refractivity contribution in [3.05, 3.63) is 42.0 Å². The van der Waals surface area contributed by atoms with Crippen molar-refractivity contribution in [1.82, 2.24) is 0 Å². The van der Waals surface area contributed by atoms with Crippen LogP contribution in [0.4, 0.5) is 0 Å². The van der Waals surface area contributed by atoms with Crippen molar-refractivity contribution in [1.29, 1.82) is 0 Å². The molecular formula is C13H12ClNO. The van der Waals surface area contributed by atoms with Crippen LogP contribution in [-0.2, 0) is 0 Å². The highest BCUT2D eigenvalue weighted by atomic mass is 35.5. The van der Waals surface area contributed by atoms with Crippen molar-refractivity contribution in [3.8, 4) is 5.75 Å². The van der Waals surface area contributed by atoms with Gasteiger partial charge in [-0.1, -0.05) is 41.9 Å². The van der Waals surface area contributed by atoms with E-state index in [2.05, 4.69) is 4.99 Å². The second kappa shape index (κ2) is 4.54. The third-order valence-corrected chi connectivity index (χ3v) is 2.87. The Morgan fingerprint density at radius 1 is 1.19 bits per heavy atom. The summed E-state index contributed by atoms with van der Waals surface area (Å²) < 4.78 is 5.42. The molecule has 0 bridgehead atoms. The highest BCUT2D eigenvalue weighted by molar-refractivity contribution is 6.70. The molecule has 0 atom stereocenters. The van der Waals surface area contributed by atoms with E-state index in [0.717, 1.165) is 22.1 Å². The Kier molecular flexibility index (Phi) is 3.11. The van der Waals surface area contributed by atoms with Crippen molar-refractivity contribution in [2.75, 3.05) is 14.2 Å². The fourth-order valence-corrected chi connectivity index (χ4v) is 1.89. The van der Waals surface area contributed by atoms with E-state index < -0.39 is 0 Å². The van der Waals surface area contributed by atoms with Crippen molar-refractivity contribution >= 4 is 27.5 Å². The molecule has 0 amide bonds. The molecule has 16 heavy (non-hydrogen) atoms. The molecule has 2 aromatic carbocycles. The summed E-state index contributed by atoms with van der Waals surface area (Å²) in [5.41, 5.74) is 0.824. The molecule has 0 aliphatic heterocycles. The minimum Gasteiger partial charge on any atom is -0.495 e. The second-order valence-corrected chi connectivity index (χ2v) is 3.74. The minimum absolute atomic E-state index is 0.461. The molecule has 0 unspecified atom stereocenters. The lowest BCUT2D eigenvalue weighted by Gasteiger charge is -2.10. The normalized spacial score (nSPS) is 11.8. The van der Waals surface area contributed by atoms with Gasteiger partial charge >= 0.3 is 0 Å². The SMILES string of the molecule is CN=C(Cl)c1ccc2ccccc2c1OC. The summed E-state index contributed by atoms with van der Waals surface area (Å²) in [5, 5.41) is 2.63. The molecule has 0 aliphatic carbocycles. The maximum atomic E-state index is 6.04. The van der Waals surface area contributed by atoms with E-state index >= 15 is 0 Å². The Labute approximate surface area is 99.5 Å². The molecule has 0 radical (unpaired) electrons. The van der Waals surface area contributed by atoms with E-state index in [1.54, 1.807) is 14.2 Å². The van der Waals surface area contributed by atoms with Crippen LogP contribution in [0.5, 0.6) is 5.75 Å². The number of hydrogen-bond donors (Lipinski definition) is 0. The van der Waals surface area contributed by atoms with Crippen molar-refractivity contribution in [2.45, 2.75) is 0 Å². The maximum absolute atomic E-state index is 6.04. The highest BCUT2D eigenvalue weighted by Gasteiger charge is 2.10. The van der Waals surface area contributed by atoms with Crippen LogP contribution in [0.15, 0.2) is 41.4 Å². The van der Waals surface area contributed by atoms with Gasteiger partial charge in [-0.15, -0.1) is 0 Å². The molecule has 2 rings (SSSR count). The number of fused-ring (bicyclic) bond motifs is 1. The van der Waals surface area contributed by atoms with Crippen LogP contribution in [0.2, 0.25) is 0 Å². The molecule has 2 nitrogen and oxygen atoms in total. The Morgan fingerprint density at radius 3 is 2.62 bits per heavy atom. The molecule has 0 saturated carbocycles. The summed E-state index contributed by atoms with van der Waals surface area (Å²) in [4.78, 5) is 3.98. The molecular weight excluding hydrogens is 222 g/mol. The lowest BCUT2D eigenvalue weighted by Crippen LogP contribution is -1.97. The van der Waals surface area contributed by atoms with Crippen LogP contribution in [0, 0.1) is 0 Å². The molecule has 3 heteroatoms. The lowest BCUT2D eigenvalue weighted by molar-refractivity contribution is 0.419. The van der Waals surface area contributed by atoms with E-state index in [4.69, 9.17) is 16.3 Å². The number of ether oxygens (including phenoxy) is 1. The standard InChI is InChI=1S/C13H12ClNO/c1-15-13(14)11-8-7-9-5-3-4-6-10(9)12(11)16-2/h3-8H,1-2H3. The first kappa shape index (κ1) is 11.0. The first-order valence-electron chi connectivity index (χ1n) is 4.96. The minimum atomic E-state index is 0.461. The van der Waals surface area contributed by atoms with Crippen molar-refractivity contribution in [2.24, 2.45) is 4.99 Å². The Bertz CT molecular complexity index is 549. The van der Waals surface area contributed by atoms with Crippen LogP contribution in [0.1, 0.15) is 5.56 Å².